The van der Waals surface area contributed by atoms with Crippen molar-refractivity contribution >= 4 is 17.7 Å². The molecule has 0 bridgehead atoms. The molecule has 1 saturated heterocycles. The van der Waals surface area contributed by atoms with Crippen molar-refractivity contribution in [2.24, 2.45) is 5.92 Å². The minimum Gasteiger partial charge on any atom is -0.396 e. The van der Waals surface area contributed by atoms with Gasteiger partial charge in [0, 0.05) is 48.3 Å². The highest BCUT2D eigenvalue weighted by molar-refractivity contribution is 7.98. The summed E-state index contributed by atoms with van der Waals surface area (Å²) in [4.78, 5) is 19.7. The first-order chi connectivity index (χ1) is 11.8. The van der Waals surface area contributed by atoms with Crippen molar-refractivity contribution < 1.29 is 9.90 Å². The molecule has 2 aromatic rings. The van der Waals surface area contributed by atoms with E-state index in [0.717, 1.165) is 42.1 Å². The molecule has 24 heavy (non-hydrogen) atoms. The number of hydrogen-bond acceptors (Lipinski definition) is 4. The predicted octanol–water partition coefficient (Wildman–Crippen LogP) is 3.22. The van der Waals surface area contributed by atoms with Gasteiger partial charge >= 0.3 is 0 Å². The minimum absolute atomic E-state index is 0.0928. The summed E-state index contributed by atoms with van der Waals surface area (Å²) in [5, 5.41) is 9.19. The van der Waals surface area contributed by atoms with Crippen LogP contribution >= 0.6 is 11.8 Å². The summed E-state index contributed by atoms with van der Waals surface area (Å²) in [6.07, 6.45) is 5.43. The van der Waals surface area contributed by atoms with Crippen LogP contribution in [-0.2, 0) is 5.75 Å². The van der Waals surface area contributed by atoms with Crippen LogP contribution in [0.5, 0.6) is 0 Å². The van der Waals surface area contributed by atoms with Crippen LogP contribution in [-0.4, -0.2) is 40.6 Å². The van der Waals surface area contributed by atoms with E-state index in [0.29, 0.717) is 5.92 Å². The summed E-state index contributed by atoms with van der Waals surface area (Å²) < 4.78 is 0. The number of pyridine rings is 1. The van der Waals surface area contributed by atoms with Gasteiger partial charge in [-0.25, -0.2) is 0 Å². The van der Waals surface area contributed by atoms with Gasteiger partial charge in [0.25, 0.3) is 5.91 Å². The lowest BCUT2D eigenvalue weighted by atomic mass is 9.97. The number of amides is 1. The number of nitrogens with zero attached hydrogens (tertiary/aromatic N) is 2. The Labute approximate surface area is 146 Å². The lowest BCUT2D eigenvalue weighted by Gasteiger charge is -2.31. The fourth-order valence-corrected chi connectivity index (χ4v) is 3.68. The molecule has 2 heterocycles. The number of carbonyl (C=O) groups excluding carboxylic acids is 1. The maximum atomic E-state index is 12.5. The van der Waals surface area contributed by atoms with E-state index in [9.17, 15) is 9.90 Å². The average Bonchev–Trinajstić information content (AvgIpc) is 2.67. The summed E-state index contributed by atoms with van der Waals surface area (Å²) in [5.74, 6) is 1.31. The minimum atomic E-state index is 0.0928. The molecule has 5 heteroatoms. The maximum Gasteiger partial charge on any atom is 0.253 e. The van der Waals surface area contributed by atoms with Crippen molar-refractivity contribution in [2.75, 3.05) is 19.7 Å². The molecule has 1 N–H and O–H groups in total. The first-order valence-electron chi connectivity index (χ1n) is 8.28. The summed E-state index contributed by atoms with van der Waals surface area (Å²) in [5.41, 5.74) is 1.93. The first kappa shape index (κ1) is 17.0. The molecule has 3 rings (SSSR count). The molecule has 0 atom stereocenters. The van der Waals surface area contributed by atoms with Crippen LogP contribution in [0, 0.1) is 5.92 Å². The first-order valence-corrected chi connectivity index (χ1v) is 9.26. The third-order valence-electron chi connectivity index (χ3n) is 4.39. The number of carbonyl (C=O) groups is 1. The van der Waals surface area contributed by atoms with Crippen LogP contribution in [0.15, 0.2) is 53.7 Å². The lowest BCUT2D eigenvalue weighted by molar-refractivity contribution is 0.0651. The van der Waals surface area contributed by atoms with Gasteiger partial charge in [0.1, 0.15) is 0 Å². The number of rotatable bonds is 5. The highest BCUT2D eigenvalue weighted by Gasteiger charge is 2.23. The Morgan fingerprint density at radius 2 is 1.96 bits per heavy atom. The van der Waals surface area contributed by atoms with Gasteiger partial charge < -0.3 is 10.0 Å². The van der Waals surface area contributed by atoms with Crippen LogP contribution in [0.2, 0.25) is 0 Å². The Hall–Kier alpha value is -1.85. The molecule has 1 aliphatic heterocycles. The topological polar surface area (TPSA) is 53.4 Å². The van der Waals surface area contributed by atoms with E-state index in [2.05, 4.69) is 11.1 Å². The van der Waals surface area contributed by atoms with Crippen LogP contribution in [0.3, 0.4) is 0 Å². The van der Waals surface area contributed by atoms with Gasteiger partial charge in [-0.2, -0.15) is 0 Å². The van der Waals surface area contributed by atoms with Crippen molar-refractivity contribution in [2.45, 2.75) is 23.5 Å². The van der Waals surface area contributed by atoms with Gasteiger partial charge in [-0.15, -0.1) is 11.8 Å². The van der Waals surface area contributed by atoms with Crippen molar-refractivity contribution in [3.05, 3.63) is 59.9 Å². The molecular weight excluding hydrogens is 320 g/mol. The van der Waals surface area contributed by atoms with Crippen LogP contribution < -0.4 is 0 Å². The van der Waals surface area contributed by atoms with E-state index < -0.39 is 0 Å². The smallest absolute Gasteiger partial charge is 0.253 e. The zero-order valence-corrected chi connectivity index (χ0v) is 14.4. The molecule has 4 nitrogen and oxygen atoms in total. The SMILES string of the molecule is O=C(c1ccc(SCc2cccnc2)cc1)N1CCC(CO)CC1. The molecule has 1 aliphatic rings. The highest BCUT2D eigenvalue weighted by atomic mass is 32.2. The number of likely N-dealkylation sites (tertiary alicyclic amines) is 1. The van der Waals surface area contributed by atoms with Crippen molar-refractivity contribution in [3.63, 3.8) is 0 Å². The largest absolute Gasteiger partial charge is 0.396 e. The zero-order valence-electron chi connectivity index (χ0n) is 13.6. The van der Waals surface area contributed by atoms with Gasteiger partial charge in [-0.1, -0.05) is 6.07 Å². The Morgan fingerprint density at radius 1 is 1.21 bits per heavy atom. The van der Waals surface area contributed by atoms with Gasteiger partial charge in [-0.3, -0.25) is 9.78 Å². The van der Waals surface area contributed by atoms with E-state index in [4.69, 9.17) is 0 Å². The normalized spacial score (nSPS) is 15.5. The van der Waals surface area contributed by atoms with Crippen molar-refractivity contribution in [1.82, 2.24) is 9.88 Å². The number of piperidine rings is 1. The van der Waals surface area contributed by atoms with Gasteiger partial charge in [0.05, 0.1) is 0 Å². The molecule has 0 saturated carbocycles. The number of aliphatic hydroxyl groups excluding tert-OH is 1. The van der Waals surface area contributed by atoms with Crippen LogP contribution in [0.1, 0.15) is 28.8 Å². The predicted molar refractivity (Wildman–Crippen MR) is 96.0 cm³/mol. The number of aromatic nitrogens is 1. The monoisotopic (exact) mass is 342 g/mol. The Morgan fingerprint density at radius 3 is 2.58 bits per heavy atom. The van der Waals surface area contributed by atoms with Gasteiger partial charge in [0.2, 0.25) is 0 Å². The number of benzene rings is 1. The zero-order chi connectivity index (χ0) is 16.8. The number of hydrogen-bond donors (Lipinski definition) is 1. The molecule has 0 aliphatic carbocycles. The van der Waals surface area contributed by atoms with E-state index in [1.54, 1.807) is 18.0 Å². The molecule has 0 radical (unpaired) electrons. The summed E-state index contributed by atoms with van der Waals surface area (Å²) >= 11 is 1.74. The van der Waals surface area contributed by atoms with Crippen LogP contribution in [0.4, 0.5) is 0 Å². The number of aliphatic hydroxyl groups is 1. The standard InChI is InChI=1S/C19H22N2O2S/c22-13-15-7-10-21(11-8-15)19(23)17-3-5-18(6-4-17)24-14-16-2-1-9-20-12-16/h1-6,9,12,15,22H,7-8,10-11,13-14H2. The summed E-state index contributed by atoms with van der Waals surface area (Å²) in [6.45, 7) is 1.70. The Bertz CT molecular complexity index is 653. The second-order valence-electron chi connectivity index (χ2n) is 6.09. The fraction of sp³-hybridized carbons (Fsp3) is 0.368. The quantitative estimate of drug-likeness (QED) is 0.848. The summed E-state index contributed by atoms with van der Waals surface area (Å²) in [6, 6.07) is 11.8. The van der Waals surface area contributed by atoms with Gasteiger partial charge in [0.15, 0.2) is 0 Å². The molecule has 0 spiro atoms. The molecule has 126 valence electrons. The third kappa shape index (κ3) is 4.36. The van der Waals surface area contributed by atoms with Crippen LogP contribution in [0.25, 0.3) is 0 Å². The molecule has 1 fully saturated rings. The Balaban J connectivity index is 1.55. The van der Waals surface area contributed by atoms with E-state index in [-0.39, 0.29) is 12.5 Å². The second kappa shape index (κ2) is 8.31. The molecule has 0 unspecified atom stereocenters. The second-order valence-corrected chi connectivity index (χ2v) is 7.14. The molecule has 1 amide bonds. The molecule has 1 aromatic heterocycles. The fourth-order valence-electron chi connectivity index (χ4n) is 2.85. The van der Waals surface area contributed by atoms with Gasteiger partial charge in [-0.05, 0) is 54.7 Å². The summed E-state index contributed by atoms with van der Waals surface area (Å²) in [7, 11) is 0. The average molecular weight is 342 g/mol. The Kier molecular flexibility index (Phi) is 5.88. The van der Waals surface area contributed by atoms with Crippen molar-refractivity contribution in [1.29, 1.82) is 0 Å². The van der Waals surface area contributed by atoms with E-state index >= 15 is 0 Å². The highest BCUT2D eigenvalue weighted by Crippen LogP contribution is 2.24. The van der Waals surface area contributed by atoms with E-state index in [1.165, 1.54) is 5.56 Å². The maximum absolute atomic E-state index is 12.5. The number of thioether (sulfide) groups is 1. The lowest BCUT2D eigenvalue weighted by Crippen LogP contribution is -2.39. The van der Waals surface area contributed by atoms with Crippen molar-refractivity contribution in [3.8, 4) is 0 Å². The third-order valence-corrected chi connectivity index (χ3v) is 5.47. The molecular formula is C19H22N2O2S. The molecule has 1 aromatic carbocycles. The van der Waals surface area contributed by atoms with E-state index in [1.807, 2.05) is 41.4 Å².